The van der Waals surface area contributed by atoms with Crippen molar-refractivity contribution < 1.29 is 9.59 Å². The summed E-state index contributed by atoms with van der Waals surface area (Å²) >= 11 is 12.3. The Morgan fingerprint density at radius 1 is 1.08 bits per heavy atom. The second-order valence-corrected chi connectivity index (χ2v) is 6.85. The first-order chi connectivity index (χ1) is 11.2. The fraction of sp³-hybridized carbons (Fsp3) is 0.556. The zero-order valence-corrected chi connectivity index (χ0v) is 16.5. The van der Waals surface area contributed by atoms with E-state index in [4.69, 9.17) is 23.2 Å². The number of carbonyl (C=O) groups excluding carboxylic acids is 2. The molecule has 0 saturated carbocycles. The van der Waals surface area contributed by atoms with E-state index in [9.17, 15) is 9.59 Å². The molecular weight excluding hydrogens is 347 g/mol. The van der Waals surface area contributed by atoms with Gasteiger partial charge in [-0.3, -0.25) is 9.59 Å². The van der Waals surface area contributed by atoms with Gasteiger partial charge < -0.3 is 10.2 Å². The first-order valence-electron chi connectivity index (χ1n) is 8.27. The monoisotopic (exact) mass is 372 g/mol. The van der Waals surface area contributed by atoms with Crippen molar-refractivity contribution >= 4 is 40.7 Å². The molecule has 0 aliphatic carbocycles. The number of amides is 2. The predicted octanol–water partition coefficient (Wildman–Crippen LogP) is 4.77. The maximum Gasteiger partial charge on any atom is 0.227 e. The summed E-state index contributed by atoms with van der Waals surface area (Å²) in [5.74, 6) is -0.606. The number of carbonyl (C=O) groups is 2. The Hall–Kier alpha value is -1.26. The molecule has 0 heterocycles. The molecule has 0 bridgehead atoms. The molecule has 2 atom stereocenters. The Balaban J connectivity index is 2.72. The molecule has 4 nitrogen and oxygen atoms in total. The minimum atomic E-state index is -0.310. The van der Waals surface area contributed by atoms with Crippen molar-refractivity contribution in [1.29, 1.82) is 0 Å². The summed E-state index contributed by atoms with van der Waals surface area (Å²) in [4.78, 5) is 26.5. The lowest BCUT2D eigenvalue weighted by Crippen LogP contribution is -2.36. The van der Waals surface area contributed by atoms with Gasteiger partial charge in [-0.2, -0.15) is 0 Å². The summed E-state index contributed by atoms with van der Waals surface area (Å²) in [6.45, 7) is 10.8. The molecular formula is C18H26Cl2N2O2. The summed E-state index contributed by atoms with van der Waals surface area (Å²) in [6, 6.07) is 3.54. The number of aryl methyl sites for hydroxylation is 1. The molecule has 2 unspecified atom stereocenters. The van der Waals surface area contributed by atoms with Crippen LogP contribution in [0, 0.1) is 18.8 Å². The largest absolute Gasteiger partial charge is 0.343 e. The Morgan fingerprint density at radius 3 is 2.21 bits per heavy atom. The van der Waals surface area contributed by atoms with E-state index in [1.807, 2.05) is 34.6 Å². The minimum absolute atomic E-state index is 0.0797. The van der Waals surface area contributed by atoms with E-state index in [1.54, 1.807) is 17.0 Å². The number of nitrogens with one attached hydrogen (secondary N) is 1. The van der Waals surface area contributed by atoms with Crippen LogP contribution in [0.5, 0.6) is 0 Å². The predicted molar refractivity (Wildman–Crippen MR) is 101 cm³/mol. The van der Waals surface area contributed by atoms with Crippen molar-refractivity contribution in [3.8, 4) is 0 Å². The number of rotatable bonds is 7. The fourth-order valence-corrected chi connectivity index (χ4v) is 3.01. The minimum Gasteiger partial charge on any atom is -0.343 e. The van der Waals surface area contributed by atoms with Crippen LogP contribution in [0.3, 0.4) is 0 Å². The van der Waals surface area contributed by atoms with Crippen LogP contribution < -0.4 is 5.32 Å². The zero-order valence-electron chi connectivity index (χ0n) is 15.0. The highest BCUT2D eigenvalue weighted by atomic mass is 35.5. The first kappa shape index (κ1) is 20.8. The van der Waals surface area contributed by atoms with Gasteiger partial charge in [0, 0.05) is 24.9 Å². The Bertz CT molecular complexity index is 601. The van der Waals surface area contributed by atoms with E-state index in [1.165, 1.54) is 0 Å². The van der Waals surface area contributed by atoms with Crippen LogP contribution in [0.2, 0.25) is 10.0 Å². The SMILES string of the molecule is CCN(CC)C(=O)C(C)CC(C)C(=O)Nc1ccc(C)c(Cl)c1Cl. The van der Waals surface area contributed by atoms with Gasteiger partial charge in [-0.05, 0) is 38.8 Å². The third-order valence-corrected chi connectivity index (χ3v) is 5.16. The third kappa shape index (κ3) is 5.12. The van der Waals surface area contributed by atoms with Gasteiger partial charge in [0.2, 0.25) is 11.8 Å². The van der Waals surface area contributed by atoms with Crippen molar-refractivity contribution in [3.05, 3.63) is 27.7 Å². The highest BCUT2D eigenvalue weighted by Gasteiger charge is 2.24. The second kappa shape index (κ2) is 9.28. The van der Waals surface area contributed by atoms with Crippen LogP contribution >= 0.6 is 23.2 Å². The smallest absolute Gasteiger partial charge is 0.227 e. The van der Waals surface area contributed by atoms with Crippen molar-refractivity contribution in [2.45, 2.75) is 41.0 Å². The van der Waals surface area contributed by atoms with Gasteiger partial charge >= 0.3 is 0 Å². The number of halogens is 2. The van der Waals surface area contributed by atoms with Crippen LogP contribution in [0.1, 0.15) is 39.7 Å². The summed E-state index contributed by atoms with van der Waals surface area (Å²) in [5.41, 5.74) is 1.35. The number of benzene rings is 1. The Kier molecular flexibility index (Phi) is 8.04. The Labute approximate surface area is 154 Å². The van der Waals surface area contributed by atoms with Gasteiger partial charge in [-0.1, -0.05) is 43.1 Å². The van der Waals surface area contributed by atoms with Crippen LogP contribution in [-0.2, 0) is 9.59 Å². The molecule has 0 fully saturated rings. The van der Waals surface area contributed by atoms with Crippen molar-refractivity contribution in [2.24, 2.45) is 11.8 Å². The van der Waals surface area contributed by atoms with E-state index in [0.29, 0.717) is 35.2 Å². The van der Waals surface area contributed by atoms with E-state index < -0.39 is 0 Å². The van der Waals surface area contributed by atoms with Gasteiger partial charge in [0.25, 0.3) is 0 Å². The van der Waals surface area contributed by atoms with Gasteiger partial charge in [0.05, 0.1) is 15.7 Å². The third-order valence-electron chi connectivity index (χ3n) is 4.18. The van der Waals surface area contributed by atoms with Crippen LogP contribution in [0.4, 0.5) is 5.69 Å². The number of anilines is 1. The first-order valence-corrected chi connectivity index (χ1v) is 9.02. The van der Waals surface area contributed by atoms with Crippen LogP contribution in [-0.4, -0.2) is 29.8 Å². The van der Waals surface area contributed by atoms with Crippen LogP contribution in [0.15, 0.2) is 12.1 Å². The molecule has 0 aromatic heterocycles. The van der Waals surface area contributed by atoms with Gasteiger partial charge in [-0.15, -0.1) is 0 Å². The van der Waals surface area contributed by atoms with Crippen molar-refractivity contribution in [2.75, 3.05) is 18.4 Å². The number of nitrogens with zero attached hydrogens (tertiary/aromatic N) is 1. The molecule has 1 rings (SSSR count). The molecule has 1 aromatic carbocycles. The van der Waals surface area contributed by atoms with E-state index >= 15 is 0 Å². The number of hydrogen-bond acceptors (Lipinski definition) is 2. The maximum atomic E-state index is 12.4. The average molecular weight is 373 g/mol. The van der Waals surface area contributed by atoms with E-state index in [2.05, 4.69) is 5.32 Å². The lowest BCUT2D eigenvalue weighted by molar-refractivity contribution is -0.135. The van der Waals surface area contributed by atoms with E-state index in [0.717, 1.165) is 5.56 Å². The molecule has 2 amide bonds. The lowest BCUT2D eigenvalue weighted by atomic mass is 9.95. The van der Waals surface area contributed by atoms with Crippen LogP contribution in [0.25, 0.3) is 0 Å². The quantitative estimate of drug-likeness (QED) is 0.748. The molecule has 0 aliphatic rings. The molecule has 6 heteroatoms. The Morgan fingerprint density at radius 2 is 1.67 bits per heavy atom. The molecule has 24 heavy (non-hydrogen) atoms. The molecule has 0 aliphatic heterocycles. The fourth-order valence-electron chi connectivity index (χ4n) is 2.58. The van der Waals surface area contributed by atoms with Gasteiger partial charge in [-0.25, -0.2) is 0 Å². The highest BCUT2D eigenvalue weighted by molar-refractivity contribution is 6.44. The molecule has 0 saturated heterocycles. The summed E-state index contributed by atoms with van der Waals surface area (Å²) < 4.78 is 0. The normalized spacial score (nSPS) is 13.3. The summed E-state index contributed by atoms with van der Waals surface area (Å²) in [6.07, 6.45) is 0.485. The molecule has 134 valence electrons. The van der Waals surface area contributed by atoms with Gasteiger partial charge in [0.15, 0.2) is 0 Å². The lowest BCUT2D eigenvalue weighted by Gasteiger charge is -2.24. The molecule has 1 N–H and O–H groups in total. The maximum absolute atomic E-state index is 12.4. The van der Waals surface area contributed by atoms with Crippen molar-refractivity contribution in [3.63, 3.8) is 0 Å². The number of hydrogen-bond donors (Lipinski definition) is 1. The molecule has 1 aromatic rings. The second-order valence-electron chi connectivity index (χ2n) is 6.10. The van der Waals surface area contributed by atoms with E-state index in [-0.39, 0.29) is 23.7 Å². The molecule has 0 spiro atoms. The average Bonchev–Trinajstić information content (AvgIpc) is 2.56. The zero-order chi connectivity index (χ0) is 18.4. The summed E-state index contributed by atoms with van der Waals surface area (Å²) in [7, 11) is 0. The topological polar surface area (TPSA) is 49.4 Å². The standard InChI is InChI=1S/C18H26Cl2N2O2/c1-6-22(7-2)18(24)13(5)10-12(4)17(23)21-14-9-8-11(3)15(19)16(14)20/h8-9,12-13H,6-7,10H2,1-5H3,(H,21,23). The van der Waals surface area contributed by atoms with Gasteiger partial charge in [0.1, 0.15) is 0 Å². The van der Waals surface area contributed by atoms with Crippen molar-refractivity contribution in [1.82, 2.24) is 4.90 Å². The summed E-state index contributed by atoms with van der Waals surface area (Å²) in [5, 5.41) is 3.57. The molecule has 0 radical (unpaired) electrons. The highest BCUT2D eigenvalue weighted by Crippen LogP contribution is 2.33.